The van der Waals surface area contributed by atoms with E-state index in [0.29, 0.717) is 0 Å². The molecule has 0 amide bonds. The standard InChI is InChI=1S/C9H13N.2C2H6/c1-6-5-10-9(4)8(3)7(6)2;2*1-2/h5H,1-4H3;2*1-2H3. The monoisotopic (exact) mass is 195 g/mol. The summed E-state index contributed by atoms with van der Waals surface area (Å²) < 4.78 is 0. The molecule has 0 aromatic carbocycles. The van der Waals surface area contributed by atoms with E-state index < -0.39 is 0 Å². The summed E-state index contributed by atoms with van der Waals surface area (Å²) in [5.41, 5.74) is 5.11. The van der Waals surface area contributed by atoms with E-state index in [-0.39, 0.29) is 0 Å². The summed E-state index contributed by atoms with van der Waals surface area (Å²) in [4.78, 5) is 4.24. The van der Waals surface area contributed by atoms with Gasteiger partial charge in [-0.05, 0) is 44.4 Å². The Morgan fingerprint density at radius 2 is 1.21 bits per heavy atom. The number of hydrogen-bond donors (Lipinski definition) is 0. The Labute approximate surface area is 89.6 Å². The van der Waals surface area contributed by atoms with E-state index in [0.717, 1.165) is 5.69 Å². The first-order chi connectivity index (χ1) is 6.63. The van der Waals surface area contributed by atoms with Gasteiger partial charge in [0.25, 0.3) is 0 Å². The first-order valence-electron chi connectivity index (χ1n) is 5.52. The van der Waals surface area contributed by atoms with E-state index >= 15 is 0 Å². The molecule has 0 saturated heterocycles. The van der Waals surface area contributed by atoms with Gasteiger partial charge < -0.3 is 0 Å². The summed E-state index contributed by atoms with van der Waals surface area (Å²) in [6.07, 6.45) is 1.93. The Bertz CT molecular complexity index is 225. The van der Waals surface area contributed by atoms with Crippen LogP contribution in [-0.4, -0.2) is 4.98 Å². The van der Waals surface area contributed by atoms with Crippen LogP contribution in [0.1, 0.15) is 50.1 Å². The highest BCUT2D eigenvalue weighted by Gasteiger charge is 1.98. The van der Waals surface area contributed by atoms with Crippen molar-refractivity contribution in [2.24, 2.45) is 0 Å². The lowest BCUT2D eigenvalue weighted by Crippen LogP contribution is -1.92. The Balaban J connectivity index is 0. The zero-order valence-corrected chi connectivity index (χ0v) is 11.0. The van der Waals surface area contributed by atoms with E-state index in [1.54, 1.807) is 0 Å². The van der Waals surface area contributed by atoms with Crippen molar-refractivity contribution in [3.05, 3.63) is 28.6 Å². The van der Waals surface area contributed by atoms with Crippen LogP contribution in [0.3, 0.4) is 0 Å². The van der Waals surface area contributed by atoms with Crippen LogP contribution in [0.15, 0.2) is 6.20 Å². The van der Waals surface area contributed by atoms with Crippen LogP contribution in [0, 0.1) is 27.7 Å². The van der Waals surface area contributed by atoms with Crippen LogP contribution in [-0.2, 0) is 0 Å². The first kappa shape index (κ1) is 15.6. The molecule has 1 aromatic heterocycles. The Hall–Kier alpha value is -0.850. The predicted molar refractivity (Wildman–Crippen MR) is 65.9 cm³/mol. The first-order valence-corrected chi connectivity index (χ1v) is 5.52. The van der Waals surface area contributed by atoms with Gasteiger partial charge >= 0.3 is 0 Å². The smallest absolute Gasteiger partial charge is 0.0404 e. The van der Waals surface area contributed by atoms with Gasteiger partial charge in [0, 0.05) is 11.9 Å². The quantitative estimate of drug-likeness (QED) is 0.599. The normalized spacial score (nSPS) is 8.00. The summed E-state index contributed by atoms with van der Waals surface area (Å²) >= 11 is 0. The molecule has 0 aliphatic rings. The Kier molecular flexibility index (Phi) is 9.74. The molecule has 0 aliphatic heterocycles. The zero-order chi connectivity index (χ0) is 11.7. The Morgan fingerprint density at radius 1 is 0.786 bits per heavy atom. The van der Waals surface area contributed by atoms with Crippen LogP contribution in [0.2, 0.25) is 0 Å². The van der Waals surface area contributed by atoms with Crippen molar-refractivity contribution >= 4 is 0 Å². The molecule has 1 heteroatoms. The molecule has 14 heavy (non-hydrogen) atoms. The minimum absolute atomic E-state index is 1.14. The third-order valence-corrected chi connectivity index (χ3v) is 2.15. The topological polar surface area (TPSA) is 12.9 Å². The fourth-order valence-corrected chi connectivity index (χ4v) is 0.954. The van der Waals surface area contributed by atoms with Crippen molar-refractivity contribution in [3.63, 3.8) is 0 Å². The highest BCUT2D eigenvalue weighted by atomic mass is 14.7. The molecule has 1 rings (SSSR count). The molecular formula is C13H25N. The molecule has 0 radical (unpaired) electrons. The summed E-state index contributed by atoms with van der Waals surface area (Å²) in [6, 6.07) is 0. The molecule has 0 atom stereocenters. The van der Waals surface area contributed by atoms with Gasteiger partial charge in [-0.1, -0.05) is 27.7 Å². The lowest BCUT2D eigenvalue weighted by Gasteiger charge is -2.05. The maximum Gasteiger partial charge on any atom is 0.0404 e. The average Bonchev–Trinajstić information content (AvgIpc) is 2.26. The van der Waals surface area contributed by atoms with Crippen molar-refractivity contribution in [1.82, 2.24) is 4.98 Å². The molecule has 0 unspecified atom stereocenters. The van der Waals surface area contributed by atoms with E-state index in [1.165, 1.54) is 16.7 Å². The summed E-state index contributed by atoms with van der Waals surface area (Å²) in [7, 11) is 0. The SMILES string of the molecule is CC.CC.Cc1cnc(C)c(C)c1C. The van der Waals surface area contributed by atoms with Crippen LogP contribution < -0.4 is 0 Å². The fourth-order valence-electron chi connectivity index (χ4n) is 0.954. The second-order valence-corrected chi connectivity index (χ2v) is 2.78. The van der Waals surface area contributed by atoms with Crippen molar-refractivity contribution in [2.75, 3.05) is 0 Å². The van der Waals surface area contributed by atoms with Gasteiger partial charge in [-0.3, -0.25) is 4.98 Å². The zero-order valence-electron chi connectivity index (χ0n) is 11.0. The molecule has 1 aromatic rings. The fraction of sp³-hybridized carbons (Fsp3) is 0.615. The van der Waals surface area contributed by atoms with Crippen molar-refractivity contribution in [2.45, 2.75) is 55.4 Å². The number of pyridine rings is 1. The number of aromatic nitrogens is 1. The van der Waals surface area contributed by atoms with Crippen molar-refractivity contribution < 1.29 is 0 Å². The van der Waals surface area contributed by atoms with Gasteiger partial charge in [-0.2, -0.15) is 0 Å². The van der Waals surface area contributed by atoms with Gasteiger partial charge in [-0.25, -0.2) is 0 Å². The number of aryl methyl sites for hydroxylation is 2. The number of nitrogens with zero attached hydrogens (tertiary/aromatic N) is 1. The largest absolute Gasteiger partial charge is 0.261 e. The highest BCUT2D eigenvalue weighted by Crippen LogP contribution is 2.12. The van der Waals surface area contributed by atoms with Crippen molar-refractivity contribution in [3.8, 4) is 0 Å². The molecular weight excluding hydrogens is 170 g/mol. The van der Waals surface area contributed by atoms with E-state index in [2.05, 4.69) is 25.8 Å². The number of rotatable bonds is 0. The van der Waals surface area contributed by atoms with Gasteiger partial charge in [0.2, 0.25) is 0 Å². The predicted octanol–water partition coefficient (Wildman–Crippen LogP) is 4.37. The average molecular weight is 195 g/mol. The van der Waals surface area contributed by atoms with Gasteiger partial charge in [-0.15, -0.1) is 0 Å². The molecule has 1 heterocycles. The molecule has 0 N–H and O–H groups in total. The van der Waals surface area contributed by atoms with Crippen LogP contribution >= 0.6 is 0 Å². The Morgan fingerprint density at radius 3 is 1.57 bits per heavy atom. The van der Waals surface area contributed by atoms with E-state index in [1.807, 2.05) is 40.8 Å². The van der Waals surface area contributed by atoms with Gasteiger partial charge in [0.05, 0.1) is 0 Å². The lowest BCUT2D eigenvalue weighted by atomic mass is 10.1. The molecule has 0 fully saturated rings. The second kappa shape index (κ2) is 8.74. The minimum atomic E-state index is 1.14. The van der Waals surface area contributed by atoms with Crippen LogP contribution in [0.25, 0.3) is 0 Å². The van der Waals surface area contributed by atoms with Crippen molar-refractivity contribution in [1.29, 1.82) is 0 Å². The van der Waals surface area contributed by atoms with E-state index in [4.69, 9.17) is 0 Å². The maximum absolute atomic E-state index is 4.24. The number of hydrogen-bond acceptors (Lipinski definition) is 1. The molecule has 1 nitrogen and oxygen atoms in total. The van der Waals surface area contributed by atoms with E-state index in [9.17, 15) is 0 Å². The van der Waals surface area contributed by atoms with Gasteiger partial charge in [0.15, 0.2) is 0 Å². The third-order valence-electron chi connectivity index (χ3n) is 2.15. The molecule has 82 valence electrons. The second-order valence-electron chi connectivity index (χ2n) is 2.78. The third kappa shape index (κ3) is 4.40. The maximum atomic E-state index is 4.24. The highest BCUT2D eigenvalue weighted by molar-refractivity contribution is 5.32. The molecule has 0 bridgehead atoms. The minimum Gasteiger partial charge on any atom is -0.261 e. The van der Waals surface area contributed by atoms with Crippen LogP contribution in [0.5, 0.6) is 0 Å². The van der Waals surface area contributed by atoms with Gasteiger partial charge in [0.1, 0.15) is 0 Å². The lowest BCUT2D eigenvalue weighted by molar-refractivity contribution is 1.09. The van der Waals surface area contributed by atoms with Crippen LogP contribution in [0.4, 0.5) is 0 Å². The molecule has 0 saturated carbocycles. The molecule has 0 aliphatic carbocycles. The molecule has 0 spiro atoms. The summed E-state index contributed by atoms with van der Waals surface area (Å²) in [5, 5.41) is 0. The summed E-state index contributed by atoms with van der Waals surface area (Å²) in [6.45, 7) is 16.4. The summed E-state index contributed by atoms with van der Waals surface area (Å²) in [5.74, 6) is 0.